The highest BCUT2D eigenvalue weighted by atomic mass is 32.1. The minimum absolute atomic E-state index is 0.501. The quantitative estimate of drug-likeness (QED) is 0.817. The van der Waals surface area contributed by atoms with Crippen molar-refractivity contribution >= 4 is 23.0 Å². The van der Waals surface area contributed by atoms with E-state index in [-0.39, 0.29) is 0 Å². The van der Waals surface area contributed by atoms with Crippen molar-refractivity contribution in [1.29, 1.82) is 0 Å². The van der Waals surface area contributed by atoms with Crippen LogP contribution >= 0.6 is 12.2 Å². The zero-order chi connectivity index (χ0) is 16.5. The Bertz CT molecular complexity index is 590. The molecule has 2 N–H and O–H groups in total. The summed E-state index contributed by atoms with van der Waals surface area (Å²) in [6.45, 7) is 0. The minimum Gasteiger partial charge on any atom is -0.497 e. The van der Waals surface area contributed by atoms with E-state index >= 15 is 0 Å². The fourth-order valence-corrected chi connectivity index (χ4v) is 4.84. The minimum atomic E-state index is 0.501. The molecule has 0 aromatic heterocycles. The van der Waals surface area contributed by atoms with E-state index < -0.39 is 0 Å². The Balaban J connectivity index is 1.34. The molecular weight excluding hydrogens is 318 g/mol. The van der Waals surface area contributed by atoms with Crippen molar-refractivity contribution in [2.75, 3.05) is 12.4 Å². The van der Waals surface area contributed by atoms with Crippen LogP contribution < -0.4 is 15.4 Å². The van der Waals surface area contributed by atoms with E-state index in [4.69, 9.17) is 17.0 Å². The number of piperidine rings is 2. The summed E-state index contributed by atoms with van der Waals surface area (Å²) in [5.74, 6) is 0.843. The number of nitrogens with zero attached hydrogens (tertiary/aromatic N) is 1. The van der Waals surface area contributed by atoms with Crippen LogP contribution in [0, 0.1) is 0 Å². The molecule has 2 bridgehead atoms. The summed E-state index contributed by atoms with van der Waals surface area (Å²) in [7, 11) is 1.68. The molecule has 0 spiro atoms. The fourth-order valence-electron chi connectivity index (χ4n) is 4.56. The molecule has 1 unspecified atom stereocenters. The molecule has 1 saturated carbocycles. The van der Waals surface area contributed by atoms with Gasteiger partial charge in [-0.05, 0) is 62.9 Å². The second-order valence-electron chi connectivity index (χ2n) is 7.42. The van der Waals surface area contributed by atoms with Crippen LogP contribution in [0.3, 0.4) is 0 Å². The van der Waals surface area contributed by atoms with Crippen LogP contribution in [0.1, 0.15) is 44.9 Å². The first-order chi connectivity index (χ1) is 11.7. The summed E-state index contributed by atoms with van der Waals surface area (Å²) in [5.41, 5.74) is 0.975. The maximum absolute atomic E-state index is 5.54. The summed E-state index contributed by atoms with van der Waals surface area (Å²) >= 11 is 5.54. The van der Waals surface area contributed by atoms with Gasteiger partial charge < -0.3 is 15.4 Å². The van der Waals surface area contributed by atoms with Crippen LogP contribution in [-0.4, -0.2) is 41.3 Å². The Hall–Kier alpha value is -1.33. The van der Waals surface area contributed by atoms with Crippen molar-refractivity contribution < 1.29 is 4.74 Å². The van der Waals surface area contributed by atoms with Gasteiger partial charge in [0.25, 0.3) is 0 Å². The summed E-state index contributed by atoms with van der Waals surface area (Å²) in [4.78, 5) is 2.85. The van der Waals surface area contributed by atoms with Crippen molar-refractivity contribution in [3.05, 3.63) is 24.3 Å². The van der Waals surface area contributed by atoms with E-state index in [1.54, 1.807) is 7.11 Å². The smallest absolute Gasteiger partial charge is 0.170 e. The lowest BCUT2D eigenvalue weighted by molar-refractivity contribution is 0.0209. The molecule has 1 aromatic carbocycles. The Morgan fingerprint density at radius 2 is 1.88 bits per heavy atom. The zero-order valence-corrected chi connectivity index (χ0v) is 15.1. The number of fused-ring (bicyclic) bond motifs is 2. The van der Waals surface area contributed by atoms with Gasteiger partial charge in [0, 0.05) is 35.9 Å². The molecule has 1 aliphatic carbocycles. The Labute approximate surface area is 149 Å². The van der Waals surface area contributed by atoms with Crippen LogP contribution in [0.25, 0.3) is 0 Å². The average molecular weight is 346 g/mol. The first-order valence-corrected chi connectivity index (χ1v) is 9.63. The topological polar surface area (TPSA) is 36.5 Å². The molecule has 3 fully saturated rings. The molecule has 3 aliphatic rings. The van der Waals surface area contributed by atoms with E-state index in [0.29, 0.717) is 6.04 Å². The van der Waals surface area contributed by atoms with Crippen molar-refractivity contribution in [3.63, 3.8) is 0 Å². The molecule has 2 aliphatic heterocycles. The van der Waals surface area contributed by atoms with E-state index in [9.17, 15) is 0 Å². The SMILES string of the molecule is COc1cccc(NC(=S)NC2C[C@H]3CCC[C@@H](C2)N3C2CC2)c1. The summed E-state index contributed by atoms with van der Waals surface area (Å²) in [6, 6.07) is 10.8. The monoisotopic (exact) mass is 345 g/mol. The van der Waals surface area contributed by atoms with Gasteiger partial charge in [0.15, 0.2) is 5.11 Å². The molecule has 3 atom stereocenters. The number of hydrogen-bond acceptors (Lipinski definition) is 3. The Kier molecular flexibility index (Phi) is 4.63. The molecule has 130 valence electrons. The van der Waals surface area contributed by atoms with Gasteiger partial charge in [-0.2, -0.15) is 0 Å². The van der Waals surface area contributed by atoms with Gasteiger partial charge in [0.05, 0.1) is 7.11 Å². The third-order valence-corrected chi connectivity index (χ3v) is 5.88. The second kappa shape index (κ2) is 6.89. The van der Waals surface area contributed by atoms with Gasteiger partial charge in [-0.1, -0.05) is 12.5 Å². The number of nitrogens with one attached hydrogen (secondary N) is 2. The normalized spacial score (nSPS) is 29.8. The second-order valence-corrected chi connectivity index (χ2v) is 7.82. The maximum Gasteiger partial charge on any atom is 0.170 e. The molecule has 1 aromatic rings. The molecule has 0 radical (unpaired) electrons. The highest BCUT2D eigenvalue weighted by Gasteiger charge is 2.44. The summed E-state index contributed by atoms with van der Waals surface area (Å²) in [6.07, 6.45) is 9.42. The Morgan fingerprint density at radius 3 is 2.54 bits per heavy atom. The molecule has 2 saturated heterocycles. The zero-order valence-electron chi connectivity index (χ0n) is 14.3. The number of ether oxygens (including phenoxy) is 1. The van der Waals surface area contributed by atoms with Gasteiger partial charge in [0.1, 0.15) is 5.75 Å². The van der Waals surface area contributed by atoms with Gasteiger partial charge in [-0.15, -0.1) is 0 Å². The number of hydrogen-bond donors (Lipinski definition) is 2. The van der Waals surface area contributed by atoms with E-state index in [2.05, 4.69) is 15.5 Å². The molecule has 0 amide bonds. The first-order valence-electron chi connectivity index (χ1n) is 9.22. The van der Waals surface area contributed by atoms with E-state index in [0.717, 1.165) is 34.7 Å². The average Bonchev–Trinajstić information content (AvgIpc) is 3.39. The number of methoxy groups -OCH3 is 1. The summed E-state index contributed by atoms with van der Waals surface area (Å²) < 4.78 is 5.27. The highest BCUT2D eigenvalue weighted by Crippen LogP contribution is 2.41. The largest absolute Gasteiger partial charge is 0.497 e. The van der Waals surface area contributed by atoms with Crippen molar-refractivity contribution in [1.82, 2.24) is 10.2 Å². The maximum atomic E-state index is 5.54. The highest BCUT2D eigenvalue weighted by molar-refractivity contribution is 7.80. The van der Waals surface area contributed by atoms with Crippen LogP contribution in [-0.2, 0) is 0 Å². The number of anilines is 1. The molecule has 4 rings (SSSR count). The molecule has 5 heteroatoms. The molecule has 2 heterocycles. The fraction of sp³-hybridized carbons (Fsp3) is 0.632. The van der Waals surface area contributed by atoms with Gasteiger partial charge in [-0.3, -0.25) is 4.90 Å². The first kappa shape index (κ1) is 16.2. The van der Waals surface area contributed by atoms with Crippen molar-refractivity contribution in [2.45, 2.75) is 69.1 Å². The molecule has 24 heavy (non-hydrogen) atoms. The number of benzene rings is 1. The van der Waals surface area contributed by atoms with Gasteiger partial charge in [-0.25, -0.2) is 0 Å². The lowest BCUT2D eigenvalue weighted by Crippen LogP contribution is -2.57. The molecule has 4 nitrogen and oxygen atoms in total. The van der Waals surface area contributed by atoms with Crippen LogP contribution in [0.4, 0.5) is 5.69 Å². The summed E-state index contributed by atoms with van der Waals surface area (Å²) in [5, 5.41) is 7.60. The van der Waals surface area contributed by atoms with Crippen molar-refractivity contribution in [2.24, 2.45) is 0 Å². The van der Waals surface area contributed by atoms with Gasteiger partial charge in [0.2, 0.25) is 0 Å². The van der Waals surface area contributed by atoms with E-state index in [1.807, 2.05) is 24.3 Å². The lowest BCUT2D eigenvalue weighted by Gasteiger charge is -2.49. The lowest BCUT2D eigenvalue weighted by atomic mass is 9.81. The Morgan fingerprint density at radius 1 is 1.12 bits per heavy atom. The predicted octanol–water partition coefficient (Wildman–Crippen LogP) is 3.53. The van der Waals surface area contributed by atoms with Crippen LogP contribution in [0.15, 0.2) is 24.3 Å². The van der Waals surface area contributed by atoms with Crippen molar-refractivity contribution in [3.8, 4) is 5.75 Å². The number of thiocarbonyl (C=S) groups is 1. The predicted molar refractivity (Wildman–Crippen MR) is 102 cm³/mol. The van der Waals surface area contributed by atoms with Crippen LogP contribution in [0.5, 0.6) is 5.75 Å². The van der Waals surface area contributed by atoms with E-state index in [1.165, 1.54) is 44.9 Å². The standard InChI is InChI=1S/C19H27N3OS/c1-23-18-7-2-4-13(12-18)20-19(24)21-14-10-16-5-3-6-17(11-14)22(16)15-8-9-15/h2,4,7,12,14-17H,3,5-6,8-11H2,1H3,(H2,20,21,24)/t14?,16-,17+. The third kappa shape index (κ3) is 3.52. The number of rotatable bonds is 4. The van der Waals surface area contributed by atoms with Crippen LogP contribution in [0.2, 0.25) is 0 Å². The van der Waals surface area contributed by atoms with Gasteiger partial charge >= 0.3 is 0 Å². The third-order valence-electron chi connectivity index (χ3n) is 5.66. The molecular formula is C19H27N3OS.